The van der Waals surface area contributed by atoms with E-state index in [1.165, 1.54) is 19.3 Å². The molecule has 4 aliphatic carbocycles. The molecule has 4 bridgehead atoms. The molecule has 5 rings (SSSR count). The van der Waals surface area contributed by atoms with E-state index in [9.17, 15) is 9.59 Å². The first-order chi connectivity index (χ1) is 11.5. The van der Waals surface area contributed by atoms with E-state index in [2.05, 4.69) is 5.32 Å². The lowest BCUT2D eigenvalue weighted by molar-refractivity contribution is -0.130. The van der Waals surface area contributed by atoms with Crippen molar-refractivity contribution >= 4 is 11.9 Å². The van der Waals surface area contributed by atoms with Gasteiger partial charge in [-0.15, -0.1) is 0 Å². The average Bonchev–Trinajstić information content (AvgIpc) is 2.51. The summed E-state index contributed by atoms with van der Waals surface area (Å²) in [5, 5.41) is 3.22. The Morgan fingerprint density at radius 3 is 2.12 bits per heavy atom. The Labute approximate surface area is 143 Å². The van der Waals surface area contributed by atoms with Crippen LogP contribution in [-0.2, 0) is 9.53 Å². The fourth-order valence-corrected chi connectivity index (χ4v) is 5.50. The summed E-state index contributed by atoms with van der Waals surface area (Å²) in [4.78, 5) is 24.4. The van der Waals surface area contributed by atoms with Gasteiger partial charge in [0.2, 0.25) is 0 Å². The average molecular weight is 327 g/mol. The molecule has 4 fully saturated rings. The second-order valence-electron chi connectivity index (χ2n) is 8.19. The number of hydrogen-bond acceptors (Lipinski definition) is 3. The smallest absolute Gasteiger partial charge is 0.338 e. The molecule has 1 aromatic carbocycles. The van der Waals surface area contributed by atoms with E-state index in [0.717, 1.165) is 42.6 Å². The molecule has 0 radical (unpaired) electrons. The van der Waals surface area contributed by atoms with Crippen molar-refractivity contribution < 1.29 is 14.3 Å². The molecule has 1 amide bonds. The van der Waals surface area contributed by atoms with Gasteiger partial charge >= 0.3 is 5.97 Å². The van der Waals surface area contributed by atoms with E-state index in [-0.39, 0.29) is 18.1 Å². The van der Waals surface area contributed by atoms with Crippen LogP contribution in [0.15, 0.2) is 24.3 Å². The van der Waals surface area contributed by atoms with E-state index in [0.29, 0.717) is 5.56 Å². The van der Waals surface area contributed by atoms with Gasteiger partial charge in [0.1, 0.15) is 0 Å². The summed E-state index contributed by atoms with van der Waals surface area (Å²) in [5.74, 6) is 1.76. The highest BCUT2D eigenvalue weighted by Crippen LogP contribution is 2.55. The van der Waals surface area contributed by atoms with Gasteiger partial charge in [-0.2, -0.15) is 0 Å². The zero-order valence-electron chi connectivity index (χ0n) is 14.2. The van der Waals surface area contributed by atoms with Crippen LogP contribution in [0, 0.1) is 24.7 Å². The number of hydrogen-bond donors (Lipinski definition) is 1. The fourth-order valence-electron chi connectivity index (χ4n) is 5.50. The summed E-state index contributed by atoms with van der Waals surface area (Å²) in [7, 11) is 0. The molecule has 4 saturated carbocycles. The van der Waals surface area contributed by atoms with E-state index >= 15 is 0 Å². The van der Waals surface area contributed by atoms with Crippen LogP contribution in [0.1, 0.15) is 54.4 Å². The second-order valence-corrected chi connectivity index (χ2v) is 8.19. The molecule has 0 saturated heterocycles. The molecule has 128 valence electrons. The zero-order chi connectivity index (χ0) is 16.7. The maximum atomic E-state index is 12.3. The number of carbonyl (C=O) groups excluding carboxylic acids is 2. The van der Waals surface area contributed by atoms with Crippen molar-refractivity contribution in [2.45, 2.75) is 51.0 Å². The Morgan fingerprint density at radius 1 is 1.04 bits per heavy atom. The first kappa shape index (κ1) is 15.7. The molecule has 0 aromatic heterocycles. The number of aryl methyl sites for hydroxylation is 1. The Kier molecular flexibility index (Phi) is 3.86. The number of rotatable bonds is 4. The highest BCUT2D eigenvalue weighted by Gasteiger charge is 2.51. The Balaban J connectivity index is 1.32. The summed E-state index contributed by atoms with van der Waals surface area (Å²) in [5.41, 5.74) is 1.55. The van der Waals surface area contributed by atoms with Crippen LogP contribution in [-0.4, -0.2) is 24.0 Å². The predicted octanol–water partition coefficient (Wildman–Crippen LogP) is 3.24. The summed E-state index contributed by atoms with van der Waals surface area (Å²) < 4.78 is 5.19. The topological polar surface area (TPSA) is 55.4 Å². The first-order valence-electron chi connectivity index (χ1n) is 9.06. The van der Waals surface area contributed by atoms with Crippen LogP contribution in [0.2, 0.25) is 0 Å². The van der Waals surface area contributed by atoms with Gasteiger partial charge in [0.25, 0.3) is 5.91 Å². The van der Waals surface area contributed by atoms with Gasteiger partial charge < -0.3 is 10.1 Å². The van der Waals surface area contributed by atoms with Crippen LogP contribution >= 0.6 is 0 Å². The lowest BCUT2D eigenvalue weighted by atomic mass is 9.53. The summed E-state index contributed by atoms with van der Waals surface area (Å²) in [6.45, 7) is 1.78. The minimum Gasteiger partial charge on any atom is -0.452 e. The monoisotopic (exact) mass is 327 g/mol. The molecular formula is C20H25NO3. The standard InChI is InChI=1S/C20H25NO3/c1-13-2-4-17(5-3-13)19(23)24-12-18(22)21-20-9-14-6-15(10-20)8-16(7-14)11-20/h2-5,14-16H,6-12H2,1H3,(H,21,22). The number of amides is 1. The van der Waals surface area contributed by atoms with Crippen molar-refractivity contribution in [2.24, 2.45) is 17.8 Å². The minimum absolute atomic E-state index is 0.0257. The number of benzene rings is 1. The Morgan fingerprint density at radius 2 is 1.58 bits per heavy atom. The zero-order valence-corrected chi connectivity index (χ0v) is 14.2. The van der Waals surface area contributed by atoms with E-state index in [1.54, 1.807) is 12.1 Å². The van der Waals surface area contributed by atoms with Crippen LogP contribution in [0.5, 0.6) is 0 Å². The van der Waals surface area contributed by atoms with Crippen LogP contribution in [0.25, 0.3) is 0 Å². The van der Waals surface area contributed by atoms with Gasteiger partial charge in [-0.1, -0.05) is 17.7 Å². The SMILES string of the molecule is Cc1ccc(C(=O)OCC(=O)NC23CC4CC(CC(C4)C2)C3)cc1. The van der Waals surface area contributed by atoms with E-state index in [1.807, 2.05) is 19.1 Å². The minimum atomic E-state index is -0.435. The third kappa shape index (κ3) is 3.06. The van der Waals surface area contributed by atoms with Gasteiger partial charge in [-0.25, -0.2) is 4.79 Å². The second kappa shape index (κ2) is 5.91. The van der Waals surface area contributed by atoms with Gasteiger partial charge in [-0.3, -0.25) is 4.79 Å². The molecule has 4 heteroatoms. The van der Waals surface area contributed by atoms with Crippen molar-refractivity contribution in [1.29, 1.82) is 0 Å². The van der Waals surface area contributed by atoms with Gasteiger partial charge in [0, 0.05) is 5.54 Å². The molecule has 24 heavy (non-hydrogen) atoms. The van der Waals surface area contributed by atoms with Crippen LogP contribution < -0.4 is 5.32 Å². The molecule has 1 aromatic rings. The number of ether oxygens (including phenoxy) is 1. The molecule has 0 atom stereocenters. The molecule has 1 N–H and O–H groups in total. The third-order valence-electron chi connectivity index (χ3n) is 6.06. The first-order valence-corrected chi connectivity index (χ1v) is 9.06. The fraction of sp³-hybridized carbons (Fsp3) is 0.600. The van der Waals surface area contributed by atoms with Crippen molar-refractivity contribution in [2.75, 3.05) is 6.61 Å². The Hall–Kier alpha value is -1.84. The number of carbonyl (C=O) groups is 2. The molecule has 4 aliphatic rings. The maximum absolute atomic E-state index is 12.3. The molecule has 0 aliphatic heterocycles. The van der Waals surface area contributed by atoms with E-state index in [4.69, 9.17) is 4.74 Å². The predicted molar refractivity (Wildman–Crippen MR) is 90.5 cm³/mol. The number of esters is 1. The van der Waals surface area contributed by atoms with Crippen LogP contribution in [0.3, 0.4) is 0 Å². The quantitative estimate of drug-likeness (QED) is 0.864. The summed E-state index contributed by atoms with van der Waals surface area (Å²) in [6, 6.07) is 7.20. The van der Waals surface area contributed by atoms with Crippen molar-refractivity contribution in [3.63, 3.8) is 0 Å². The maximum Gasteiger partial charge on any atom is 0.338 e. The third-order valence-corrected chi connectivity index (χ3v) is 6.06. The summed E-state index contributed by atoms with van der Waals surface area (Å²) >= 11 is 0. The normalized spacial score (nSPS) is 33.3. The van der Waals surface area contributed by atoms with Crippen molar-refractivity contribution in [1.82, 2.24) is 5.32 Å². The molecule has 0 heterocycles. The Bertz CT molecular complexity index is 614. The van der Waals surface area contributed by atoms with Crippen LogP contribution in [0.4, 0.5) is 0 Å². The lowest BCUT2D eigenvalue weighted by Gasteiger charge is -2.56. The molecule has 0 unspecified atom stereocenters. The van der Waals surface area contributed by atoms with Gasteiger partial charge in [0.05, 0.1) is 5.56 Å². The molecule has 0 spiro atoms. The highest BCUT2D eigenvalue weighted by molar-refractivity contribution is 5.91. The molecular weight excluding hydrogens is 302 g/mol. The van der Waals surface area contributed by atoms with Crippen molar-refractivity contribution in [3.8, 4) is 0 Å². The highest BCUT2D eigenvalue weighted by atomic mass is 16.5. The lowest BCUT2D eigenvalue weighted by Crippen LogP contribution is -2.60. The largest absolute Gasteiger partial charge is 0.452 e. The van der Waals surface area contributed by atoms with Gasteiger partial charge in [0.15, 0.2) is 6.61 Å². The summed E-state index contributed by atoms with van der Waals surface area (Å²) in [6.07, 6.45) is 7.36. The van der Waals surface area contributed by atoms with E-state index < -0.39 is 5.97 Å². The molecule has 4 nitrogen and oxygen atoms in total. The number of nitrogens with one attached hydrogen (secondary N) is 1. The van der Waals surface area contributed by atoms with Gasteiger partial charge in [-0.05, 0) is 75.3 Å². The van der Waals surface area contributed by atoms with Crippen molar-refractivity contribution in [3.05, 3.63) is 35.4 Å².